The van der Waals surface area contributed by atoms with Crippen LogP contribution in [0.4, 0.5) is 0 Å². The zero-order valence-corrected chi connectivity index (χ0v) is 13.8. The zero-order valence-electron chi connectivity index (χ0n) is 12.0. The Labute approximate surface area is 123 Å². The monoisotopic (exact) mass is 343 g/mol. The second-order valence-electron chi connectivity index (χ2n) is 4.53. The van der Waals surface area contributed by atoms with Gasteiger partial charge in [0, 0.05) is 19.7 Å². The minimum absolute atomic E-state index is 0.0817. The first-order valence-electron chi connectivity index (χ1n) is 6.13. The van der Waals surface area contributed by atoms with Crippen LogP contribution in [0, 0.1) is 17.2 Å². The molecule has 1 N–H and O–H groups in total. The number of hydrogen-bond acceptors (Lipinski definition) is 8. The van der Waals surface area contributed by atoms with Crippen molar-refractivity contribution >= 4 is 15.4 Å². The van der Waals surface area contributed by atoms with Gasteiger partial charge in [-0.15, -0.1) is 0 Å². The van der Waals surface area contributed by atoms with Crippen molar-refractivity contribution in [2.24, 2.45) is 5.92 Å². The molecule has 0 saturated carbocycles. The Morgan fingerprint density at radius 1 is 1.43 bits per heavy atom. The van der Waals surface area contributed by atoms with Crippen LogP contribution in [0.15, 0.2) is 0 Å². The highest BCUT2D eigenvalue weighted by Gasteiger charge is 2.41. The molecular weight excluding hydrogens is 324 g/mol. The van der Waals surface area contributed by atoms with Gasteiger partial charge in [-0.1, -0.05) is 6.92 Å². The summed E-state index contributed by atoms with van der Waals surface area (Å²) in [5, 5.41) is 8.43. The summed E-state index contributed by atoms with van der Waals surface area (Å²) < 4.78 is 48.1. The molecule has 0 bridgehead atoms. The van der Waals surface area contributed by atoms with Crippen LogP contribution in [-0.2, 0) is 32.0 Å². The molecule has 11 heteroatoms. The molecule has 0 aromatic carbocycles. The number of phosphoric ester groups is 1. The third kappa shape index (κ3) is 6.15. The third-order valence-corrected chi connectivity index (χ3v) is 4.95. The van der Waals surface area contributed by atoms with E-state index in [2.05, 4.69) is 4.52 Å². The van der Waals surface area contributed by atoms with Gasteiger partial charge in [0.1, 0.15) is 6.61 Å². The molecule has 0 aromatic heterocycles. The summed E-state index contributed by atoms with van der Waals surface area (Å²) in [5.74, 6) is -0.259. The Morgan fingerprint density at radius 3 is 2.62 bits per heavy atom. The summed E-state index contributed by atoms with van der Waals surface area (Å²) in [7, 11) is -6.26. The molecule has 1 aliphatic heterocycles. The van der Waals surface area contributed by atoms with Crippen LogP contribution < -0.4 is 0 Å². The van der Waals surface area contributed by atoms with Crippen LogP contribution in [0.1, 0.15) is 6.92 Å². The molecule has 1 fully saturated rings. The SMILES string of the molecule is COP(=O)(OCC#N)O[C@@H]1CO[C@H](COP(C)(=O)O)C1C. The van der Waals surface area contributed by atoms with Crippen molar-refractivity contribution in [1.82, 2.24) is 0 Å². The molecule has 3 unspecified atom stereocenters. The summed E-state index contributed by atoms with van der Waals surface area (Å²) in [6, 6.07) is 1.67. The van der Waals surface area contributed by atoms with Crippen molar-refractivity contribution in [3.05, 3.63) is 0 Å². The van der Waals surface area contributed by atoms with Gasteiger partial charge >= 0.3 is 15.4 Å². The number of nitriles is 1. The van der Waals surface area contributed by atoms with Gasteiger partial charge in [0.25, 0.3) is 0 Å². The Morgan fingerprint density at radius 2 is 2.10 bits per heavy atom. The molecule has 1 rings (SSSR count). The van der Waals surface area contributed by atoms with Crippen molar-refractivity contribution in [2.45, 2.75) is 19.1 Å². The van der Waals surface area contributed by atoms with E-state index in [4.69, 9.17) is 28.5 Å². The molecule has 9 nitrogen and oxygen atoms in total. The Balaban J connectivity index is 2.56. The molecule has 1 saturated heterocycles. The van der Waals surface area contributed by atoms with Gasteiger partial charge < -0.3 is 14.2 Å². The van der Waals surface area contributed by atoms with Gasteiger partial charge in [0.15, 0.2) is 0 Å². The fraction of sp³-hybridized carbons (Fsp3) is 0.900. The second kappa shape index (κ2) is 7.82. The van der Waals surface area contributed by atoms with Crippen LogP contribution in [0.3, 0.4) is 0 Å². The van der Waals surface area contributed by atoms with Crippen molar-refractivity contribution in [3.8, 4) is 6.07 Å². The number of ether oxygens (including phenoxy) is 1. The molecule has 0 spiro atoms. The average Bonchev–Trinajstić information content (AvgIpc) is 2.74. The van der Waals surface area contributed by atoms with Crippen molar-refractivity contribution in [1.29, 1.82) is 5.26 Å². The highest BCUT2D eigenvalue weighted by Crippen LogP contribution is 2.51. The van der Waals surface area contributed by atoms with E-state index in [0.717, 1.165) is 13.8 Å². The lowest BCUT2D eigenvalue weighted by Gasteiger charge is -2.22. The maximum atomic E-state index is 12.1. The van der Waals surface area contributed by atoms with Crippen LogP contribution >= 0.6 is 15.4 Å². The first-order valence-corrected chi connectivity index (χ1v) is 9.61. The lowest BCUT2D eigenvalue weighted by molar-refractivity contribution is 0.0465. The molecule has 0 amide bonds. The van der Waals surface area contributed by atoms with Gasteiger partial charge in [-0.05, 0) is 0 Å². The van der Waals surface area contributed by atoms with Gasteiger partial charge in [0.2, 0.25) is 0 Å². The fourth-order valence-corrected chi connectivity index (χ4v) is 3.18. The highest BCUT2D eigenvalue weighted by atomic mass is 31.2. The maximum absolute atomic E-state index is 12.1. The average molecular weight is 343 g/mol. The summed E-state index contributed by atoms with van der Waals surface area (Å²) in [4.78, 5) is 9.08. The third-order valence-electron chi connectivity index (χ3n) is 2.90. The normalized spacial score (nSPS) is 31.3. The molecule has 21 heavy (non-hydrogen) atoms. The molecule has 122 valence electrons. The van der Waals surface area contributed by atoms with E-state index >= 15 is 0 Å². The summed E-state index contributed by atoms with van der Waals surface area (Å²) in [6.07, 6.45) is -1.07. The van der Waals surface area contributed by atoms with E-state index in [1.165, 1.54) is 0 Å². The number of hydrogen-bond donors (Lipinski definition) is 1. The Hall–Kier alpha value is -0.290. The van der Waals surface area contributed by atoms with E-state index in [-0.39, 0.29) is 19.1 Å². The Kier molecular flexibility index (Phi) is 6.98. The molecule has 0 aliphatic carbocycles. The first kappa shape index (κ1) is 18.8. The molecule has 1 heterocycles. The summed E-state index contributed by atoms with van der Waals surface area (Å²) in [5.41, 5.74) is 0. The van der Waals surface area contributed by atoms with Crippen LogP contribution in [0.5, 0.6) is 0 Å². The lowest BCUT2D eigenvalue weighted by atomic mass is 10.0. The summed E-state index contributed by atoms with van der Waals surface area (Å²) in [6.45, 7) is 2.44. The largest absolute Gasteiger partial charge is 0.475 e. The first-order chi connectivity index (χ1) is 9.71. The molecular formula is C10H19NO8P2. The second-order valence-corrected chi connectivity index (χ2v) is 8.13. The smallest absolute Gasteiger partial charge is 0.373 e. The molecule has 1 aliphatic rings. The van der Waals surface area contributed by atoms with E-state index in [1.807, 2.05) is 0 Å². The summed E-state index contributed by atoms with van der Waals surface area (Å²) >= 11 is 0. The lowest BCUT2D eigenvalue weighted by Crippen LogP contribution is -2.26. The van der Waals surface area contributed by atoms with E-state index < -0.39 is 34.2 Å². The number of phosphoric acid groups is 1. The van der Waals surface area contributed by atoms with Crippen LogP contribution in [0.2, 0.25) is 0 Å². The van der Waals surface area contributed by atoms with Gasteiger partial charge in [-0.3, -0.25) is 18.1 Å². The fourth-order valence-electron chi connectivity index (χ4n) is 1.70. The molecule has 0 aromatic rings. The van der Waals surface area contributed by atoms with Crippen LogP contribution in [0.25, 0.3) is 0 Å². The van der Waals surface area contributed by atoms with Crippen molar-refractivity contribution < 1.29 is 36.9 Å². The van der Waals surface area contributed by atoms with Crippen molar-refractivity contribution in [3.63, 3.8) is 0 Å². The molecule has 5 atom stereocenters. The molecule has 0 radical (unpaired) electrons. The quantitative estimate of drug-likeness (QED) is 0.653. The number of nitrogens with zero attached hydrogens (tertiary/aromatic N) is 1. The predicted octanol–water partition coefficient (Wildman–Crippen LogP) is 1.53. The minimum Gasteiger partial charge on any atom is -0.373 e. The topological polar surface area (TPSA) is 124 Å². The highest BCUT2D eigenvalue weighted by molar-refractivity contribution is 7.51. The van der Waals surface area contributed by atoms with E-state index in [1.54, 1.807) is 13.0 Å². The van der Waals surface area contributed by atoms with E-state index in [9.17, 15) is 9.13 Å². The van der Waals surface area contributed by atoms with Crippen molar-refractivity contribution in [2.75, 3.05) is 33.6 Å². The standard InChI is InChI=1S/C10H19NO8P2/c1-8-9(7-18-20(3,12)13)16-6-10(8)19-21(14,15-2)17-5-4-11/h8-10H,5-7H2,1-3H3,(H,12,13)/t8?,9-,10-,21?/m1/s1. The van der Waals surface area contributed by atoms with Gasteiger partial charge in [-0.25, -0.2) is 4.57 Å². The number of rotatable bonds is 8. The zero-order chi connectivity index (χ0) is 16.1. The Bertz CT molecular complexity index is 472. The minimum atomic E-state index is -3.83. The van der Waals surface area contributed by atoms with Gasteiger partial charge in [0.05, 0.1) is 31.5 Å². The van der Waals surface area contributed by atoms with Gasteiger partial charge in [-0.2, -0.15) is 5.26 Å². The van der Waals surface area contributed by atoms with E-state index in [0.29, 0.717) is 0 Å². The maximum Gasteiger partial charge on any atom is 0.475 e. The van der Waals surface area contributed by atoms with Crippen LogP contribution in [-0.4, -0.2) is 50.7 Å². The predicted molar refractivity (Wildman–Crippen MR) is 71.7 cm³/mol.